The average Bonchev–Trinajstić information content (AvgIpc) is 2.48. The van der Waals surface area contributed by atoms with E-state index in [1.807, 2.05) is 0 Å². The zero-order valence-electron chi connectivity index (χ0n) is 11.9. The van der Waals surface area contributed by atoms with E-state index in [4.69, 9.17) is 9.84 Å². The predicted molar refractivity (Wildman–Crippen MR) is 78.5 cm³/mol. The summed E-state index contributed by atoms with van der Waals surface area (Å²) in [6, 6.07) is 9.22. The van der Waals surface area contributed by atoms with Gasteiger partial charge >= 0.3 is 6.16 Å². The normalized spacial score (nSPS) is 10.1. The second-order valence-corrected chi connectivity index (χ2v) is 4.44. The van der Waals surface area contributed by atoms with E-state index in [-0.39, 0.29) is 11.4 Å². The summed E-state index contributed by atoms with van der Waals surface area (Å²) in [5, 5.41) is 20.0. The van der Waals surface area contributed by atoms with E-state index >= 15 is 0 Å². The van der Waals surface area contributed by atoms with Crippen molar-refractivity contribution in [1.29, 1.82) is 0 Å². The fourth-order valence-electron chi connectivity index (χ4n) is 2.18. The summed E-state index contributed by atoms with van der Waals surface area (Å²) < 4.78 is 9.78. The maximum absolute atomic E-state index is 11.3. The van der Waals surface area contributed by atoms with Crippen LogP contribution in [0.3, 0.4) is 0 Å². The molecule has 0 saturated carbocycles. The first-order chi connectivity index (χ1) is 10.4. The van der Waals surface area contributed by atoms with Crippen molar-refractivity contribution >= 4 is 11.8 Å². The van der Waals surface area contributed by atoms with Crippen LogP contribution < -0.4 is 9.47 Å². The first-order valence-corrected chi connectivity index (χ1v) is 6.27. The van der Waals surface area contributed by atoms with E-state index < -0.39 is 11.1 Å². The Bertz CT molecular complexity index is 741. The van der Waals surface area contributed by atoms with Crippen molar-refractivity contribution in [3.63, 3.8) is 0 Å². The molecule has 2 aromatic rings. The molecule has 0 aliphatic carbocycles. The first kappa shape index (κ1) is 15.3. The molecule has 0 amide bonds. The third-order valence-electron chi connectivity index (χ3n) is 3.15. The molecule has 7 nitrogen and oxygen atoms in total. The van der Waals surface area contributed by atoms with Gasteiger partial charge in [0.15, 0.2) is 0 Å². The third-order valence-corrected chi connectivity index (χ3v) is 3.15. The van der Waals surface area contributed by atoms with Crippen LogP contribution in [0.2, 0.25) is 0 Å². The van der Waals surface area contributed by atoms with Gasteiger partial charge in [-0.25, -0.2) is 4.79 Å². The fourth-order valence-corrected chi connectivity index (χ4v) is 2.18. The Hall–Kier alpha value is -3.09. The molecule has 0 unspecified atom stereocenters. The zero-order valence-corrected chi connectivity index (χ0v) is 11.9. The Morgan fingerprint density at radius 2 is 2.00 bits per heavy atom. The Balaban J connectivity index is 2.69. The maximum Gasteiger partial charge on any atom is 0.511 e. The van der Waals surface area contributed by atoms with Gasteiger partial charge in [-0.2, -0.15) is 0 Å². The van der Waals surface area contributed by atoms with Gasteiger partial charge in [0, 0.05) is 11.6 Å². The standard InChI is InChI=1S/C15H13NO6/c1-9-13(22-15(17)18)7-6-12(16(19)20)14(9)10-4-3-5-11(8-10)21-2/h3-8H,1-2H3,(H,17,18). The van der Waals surface area contributed by atoms with Crippen LogP contribution in [0.5, 0.6) is 11.5 Å². The molecule has 0 heterocycles. The van der Waals surface area contributed by atoms with Gasteiger partial charge in [-0.1, -0.05) is 12.1 Å². The van der Waals surface area contributed by atoms with Crippen LogP contribution in [0.25, 0.3) is 11.1 Å². The molecule has 0 spiro atoms. The molecule has 7 heteroatoms. The summed E-state index contributed by atoms with van der Waals surface area (Å²) in [6.07, 6.45) is -1.48. The number of nitro benzene ring substituents is 1. The van der Waals surface area contributed by atoms with Crippen molar-refractivity contribution in [2.75, 3.05) is 7.11 Å². The highest BCUT2D eigenvalue weighted by Gasteiger charge is 2.22. The van der Waals surface area contributed by atoms with Crippen molar-refractivity contribution in [3.05, 3.63) is 52.1 Å². The summed E-state index contributed by atoms with van der Waals surface area (Å²) in [5.41, 5.74) is 1.07. The highest BCUT2D eigenvalue weighted by Crippen LogP contribution is 2.38. The zero-order chi connectivity index (χ0) is 16.3. The molecule has 0 aromatic heterocycles. The monoisotopic (exact) mass is 303 g/mol. The number of methoxy groups -OCH3 is 1. The highest BCUT2D eigenvalue weighted by atomic mass is 16.7. The fraction of sp³-hybridized carbons (Fsp3) is 0.133. The van der Waals surface area contributed by atoms with Crippen LogP contribution in [-0.4, -0.2) is 23.3 Å². The number of nitrogens with zero attached hydrogens (tertiary/aromatic N) is 1. The molecule has 0 aliphatic rings. The lowest BCUT2D eigenvalue weighted by molar-refractivity contribution is -0.384. The van der Waals surface area contributed by atoms with E-state index in [0.717, 1.165) is 0 Å². The molecule has 114 valence electrons. The summed E-state index contributed by atoms with van der Waals surface area (Å²) >= 11 is 0. The lowest BCUT2D eigenvalue weighted by atomic mass is 9.97. The molecule has 0 fully saturated rings. The van der Waals surface area contributed by atoms with E-state index in [9.17, 15) is 14.9 Å². The Morgan fingerprint density at radius 1 is 1.27 bits per heavy atom. The number of nitro groups is 1. The molecule has 2 rings (SSSR count). The second kappa shape index (κ2) is 6.13. The summed E-state index contributed by atoms with van der Waals surface area (Å²) in [6.45, 7) is 1.57. The van der Waals surface area contributed by atoms with Crippen LogP contribution in [0.15, 0.2) is 36.4 Å². The molecule has 0 atom stereocenters. The summed E-state index contributed by atoms with van der Waals surface area (Å²) in [4.78, 5) is 21.4. The van der Waals surface area contributed by atoms with Gasteiger partial charge in [0.25, 0.3) is 5.69 Å². The average molecular weight is 303 g/mol. The molecule has 1 N–H and O–H groups in total. The molecular weight excluding hydrogens is 290 g/mol. The lowest BCUT2D eigenvalue weighted by Crippen LogP contribution is -2.05. The van der Waals surface area contributed by atoms with Crippen LogP contribution in [-0.2, 0) is 0 Å². The number of benzene rings is 2. The van der Waals surface area contributed by atoms with Crippen molar-refractivity contribution in [1.82, 2.24) is 0 Å². The number of hydrogen-bond acceptors (Lipinski definition) is 5. The molecular formula is C15H13NO6. The smallest absolute Gasteiger partial charge is 0.497 e. The Labute approximate surface area is 125 Å². The molecule has 0 bridgehead atoms. The Morgan fingerprint density at radius 3 is 2.59 bits per heavy atom. The number of carboxylic acid groups (broad SMARTS) is 1. The largest absolute Gasteiger partial charge is 0.511 e. The van der Waals surface area contributed by atoms with Gasteiger partial charge in [0.2, 0.25) is 0 Å². The van der Waals surface area contributed by atoms with E-state index in [1.165, 1.54) is 19.2 Å². The maximum atomic E-state index is 11.3. The molecule has 0 aliphatic heterocycles. The topological polar surface area (TPSA) is 98.9 Å². The van der Waals surface area contributed by atoms with Crippen molar-refractivity contribution in [2.24, 2.45) is 0 Å². The van der Waals surface area contributed by atoms with Gasteiger partial charge < -0.3 is 14.6 Å². The third kappa shape index (κ3) is 2.98. The first-order valence-electron chi connectivity index (χ1n) is 6.27. The van der Waals surface area contributed by atoms with E-state index in [0.29, 0.717) is 22.4 Å². The van der Waals surface area contributed by atoms with Gasteiger partial charge in [-0.15, -0.1) is 0 Å². The van der Waals surface area contributed by atoms with Gasteiger partial charge in [-0.05, 0) is 30.7 Å². The van der Waals surface area contributed by atoms with Gasteiger partial charge in [0.1, 0.15) is 11.5 Å². The Kier molecular flexibility index (Phi) is 4.26. The summed E-state index contributed by atoms with van der Waals surface area (Å²) in [7, 11) is 1.49. The lowest BCUT2D eigenvalue weighted by Gasteiger charge is -2.12. The van der Waals surface area contributed by atoms with E-state index in [2.05, 4.69) is 4.74 Å². The quantitative estimate of drug-likeness (QED) is 0.400. The molecule has 0 saturated heterocycles. The van der Waals surface area contributed by atoms with E-state index in [1.54, 1.807) is 31.2 Å². The number of hydrogen-bond donors (Lipinski definition) is 1. The minimum Gasteiger partial charge on any atom is -0.497 e. The summed E-state index contributed by atoms with van der Waals surface area (Å²) in [5.74, 6) is 0.590. The minimum absolute atomic E-state index is 0.0518. The van der Waals surface area contributed by atoms with Crippen molar-refractivity contribution in [3.8, 4) is 22.6 Å². The van der Waals surface area contributed by atoms with Crippen LogP contribution in [0.4, 0.5) is 10.5 Å². The van der Waals surface area contributed by atoms with Crippen molar-refractivity contribution < 1.29 is 24.3 Å². The molecule has 22 heavy (non-hydrogen) atoms. The number of rotatable bonds is 4. The van der Waals surface area contributed by atoms with Gasteiger partial charge in [-0.3, -0.25) is 10.1 Å². The van der Waals surface area contributed by atoms with Gasteiger partial charge in [0.05, 0.1) is 17.6 Å². The number of ether oxygens (including phenoxy) is 2. The second-order valence-electron chi connectivity index (χ2n) is 4.44. The number of carbonyl (C=O) groups is 1. The highest BCUT2D eigenvalue weighted by molar-refractivity contribution is 5.80. The van der Waals surface area contributed by atoms with Crippen LogP contribution >= 0.6 is 0 Å². The SMILES string of the molecule is COc1cccc(-c2c([N+](=O)[O-])ccc(OC(=O)O)c2C)c1. The van der Waals surface area contributed by atoms with Crippen molar-refractivity contribution in [2.45, 2.75) is 6.92 Å². The predicted octanol–water partition coefficient (Wildman–Crippen LogP) is 3.64. The molecule has 2 aromatic carbocycles. The minimum atomic E-state index is -1.48. The van der Waals surface area contributed by atoms with Crippen LogP contribution in [0, 0.1) is 17.0 Å². The molecule has 0 radical (unpaired) electrons. The van der Waals surface area contributed by atoms with Crippen LogP contribution in [0.1, 0.15) is 5.56 Å².